The molecule has 0 aliphatic heterocycles. The van der Waals surface area contributed by atoms with Crippen LogP contribution >= 0.6 is 11.8 Å². The summed E-state index contributed by atoms with van der Waals surface area (Å²) in [6.07, 6.45) is 1.21. The lowest BCUT2D eigenvalue weighted by Gasteiger charge is -2.25. The molecule has 0 aromatic heterocycles. The molecule has 0 saturated heterocycles. The van der Waals surface area contributed by atoms with Crippen LogP contribution in [0.3, 0.4) is 0 Å². The van der Waals surface area contributed by atoms with Crippen molar-refractivity contribution < 1.29 is 17.9 Å². The molecular weight excluding hydrogens is 553 g/mol. The molecule has 0 aliphatic carbocycles. The molecule has 0 heterocycles. The molecule has 0 saturated carbocycles. The number of nitrogens with zero attached hydrogens (tertiary/aromatic N) is 1. The number of nitrogens with one attached hydrogen (secondary N) is 1. The summed E-state index contributed by atoms with van der Waals surface area (Å²) in [5.41, 5.74) is 3.19. The predicted molar refractivity (Wildman–Crippen MR) is 167 cm³/mol. The number of carbonyl (C=O) groups is 1. The van der Waals surface area contributed by atoms with E-state index in [1.54, 1.807) is 24.3 Å². The minimum Gasteiger partial charge on any atom is -0.492 e. The van der Waals surface area contributed by atoms with Gasteiger partial charge >= 0.3 is 0 Å². The molecule has 0 atom stereocenters. The first-order valence-electron chi connectivity index (χ1n) is 13.4. The Hall–Kier alpha value is -3.75. The Labute approximate surface area is 247 Å². The van der Waals surface area contributed by atoms with E-state index < -0.39 is 10.0 Å². The average Bonchev–Trinajstić information content (AvgIpc) is 2.94. The highest BCUT2D eigenvalue weighted by atomic mass is 32.2. The first-order chi connectivity index (χ1) is 19.5. The van der Waals surface area contributed by atoms with Crippen LogP contribution in [0.15, 0.2) is 113 Å². The monoisotopic (exact) mass is 588 g/mol. The standard InChI is InChI=1S/C33H36N2O4S2/c1-33(2,3)27-18-20-28(21-19-27)39-23-22-34-32(36)26-16-14-25(15-17-26)24-35(41(4,37)38)30-12-8-9-13-31(30)40-29-10-6-5-7-11-29/h5-21H,22-24H2,1-4H3,(H,34,36). The lowest BCUT2D eigenvalue weighted by molar-refractivity contribution is 0.0947. The third-order valence-corrected chi connectivity index (χ3v) is 8.62. The first-order valence-corrected chi connectivity index (χ1v) is 16.1. The van der Waals surface area contributed by atoms with Gasteiger partial charge in [0.2, 0.25) is 10.0 Å². The van der Waals surface area contributed by atoms with Gasteiger partial charge in [-0.25, -0.2) is 8.42 Å². The van der Waals surface area contributed by atoms with Crippen LogP contribution in [0.2, 0.25) is 0 Å². The predicted octanol–water partition coefficient (Wildman–Crippen LogP) is 6.91. The summed E-state index contributed by atoms with van der Waals surface area (Å²) in [7, 11) is -3.58. The number of amides is 1. The van der Waals surface area contributed by atoms with E-state index in [2.05, 4.69) is 38.2 Å². The summed E-state index contributed by atoms with van der Waals surface area (Å²) < 4.78 is 32.9. The Bertz CT molecular complexity index is 1550. The number of carbonyl (C=O) groups excluding carboxylic acids is 1. The maximum absolute atomic E-state index is 12.9. The fourth-order valence-electron chi connectivity index (χ4n) is 4.16. The number of rotatable bonds is 11. The summed E-state index contributed by atoms with van der Waals surface area (Å²) in [4.78, 5) is 14.5. The SMILES string of the molecule is CC(C)(C)c1ccc(OCCNC(=O)c2ccc(CN(c3ccccc3Sc3ccccc3)S(C)(=O)=O)cc2)cc1. The van der Waals surface area contributed by atoms with Crippen LogP contribution < -0.4 is 14.4 Å². The van der Waals surface area contributed by atoms with Crippen molar-refractivity contribution in [2.45, 2.75) is 42.5 Å². The normalized spacial score (nSPS) is 11.6. The van der Waals surface area contributed by atoms with Gasteiger partial charge in [0.1, 0.15) is 12.4 Å². The lowest BCUT2D eigenvalue weighted by atomic mass is 9.87. The molecule has 41 heavy (non-hydrogen) atoms. The van der Waals surface area contributed by atoms with E-state index in [1.807, 2.05) is 66.7 Å². The van der Waals surface area contributed by atoms with E-state index in [0.717, 1.165) is 21.1 Å². The van der Waals surface area contributed by atoms with Gasteiger partial charge in [0, 0.05) is 15.4 Å². The second kappa shape index (κ2) is 13.3. The van der Waals surface area contributed by atoms with Gasteiger partial charge in [0.05, 0.1) is 25.0 Å². The van der Waals surface area contributed by atoms with Gasteiger partial charge in [0.15, 0.2) is 0 Å². The molecule has 4 aromatic carbocycles. The number of benzene rings is 4. The summed E-state index contributed by atoms with van der Waals surface area (Å²) >= 11 is 1.52. The molecule has 0 unspecified atom stereocenters. The molecule has 4 rings (SSSR count). The van der Waals surface area contributed by atoms with Gasteiger partial charge in [0.25, 0.3) is 5.91 Å². The molecular formula is C33H36N2O4S2. The quantitative estimate of drug-likeness (QED) is 0.193. The second-order valence-electron chi connectivity index (χ2n) is 10.7. The first kappa shape index (κ1) is 30.2. The molecule has 0 radical (unpaired) electrons. The van der Waals surface area contributed by atoms with Crippen LogP contribution in [0.1, 0.15) is 42.3 Å². The zero-order valence-corrected chi connectivity index (χ0v) is 25.5. The van der Waals surface area contributed by atoms with E-state index in [4.69, 9.17) is 4.74 Å². The van der Waals surface area contributed by atoms with Crippen molar-refractivity contribution in [3.8, 4) is 5.75 Å². The van der Waals surface area contributed by atoms with E-state index in [-0.39, 0.29) is 17.9 Å². The topological polar surface area (TPSA) is 75.7 Å². The lowest BCUT2D eigenvalue weighted by Crippen LogP contribution is -2.30. The number of anilines is 1. The smallest absolute Gasteiger partial charge is 0.251 e. The maximum Gasteiger partial charge on any atom is 0.251 e. The summed E-state index contributed by atoms with van der Waals surface area (Å²) in [6.45, 7) is 7.35. The Balaban J connectivity index is 1.36. The molecule has 0 aliphatic rings. The number of para-hydroxylation sites is 1. The Morgan fingerprint density at radius 2 is 1.49 bits per heavy atom. The van der Waals surface area contributed by atoms with Gasteiger partial charge in [-0.05, 0) is 65.1 Å². The molecule has 1 amide bonds. The van der Waals surface area contributed by atoms with Crippen LogP contribution in [0, 0.1) is 0 Å². The van der Waals surface area contributed by atoms with E-state index >= 15 is 0 Å². The van der Waals surface area contributed by atoms with Crippen molar-refractivity contribution >= 4 is 33.4 Å². The summed E-state index contributed by atoms with van der Waals surface area (Å²) in [5, 5.41) is 2.87. The molecule has 8 heteroatoms. The Morgan fingerprint density at radius 3 is 2.12 bits per heavy atom. The zero-order valence-electron chi connectivity index (χ0n) is 23.8. The van der Waals surface area contributed by atoms with Crippen molar-refractivity contribution in [3.05, 3.63) is 120 Å². The van der Waals surface area contributed by atoms with Crippen LogP contribution in [0.25, 0.3) is 0 Å². The van der Waals surface area contributed by atoms with Gasteiger partial charge in [-0.3, -0.25) is 9.10 Å². The maximum atomic E-state index is 12.9. The van der Waals surface area contributed by atoms with Crippen LogP contribution in [-0.2, 0) is 22.0 Å². The third-order valence-electron chi connectivity index (χ3n) is 6.42. The largest absolute Gasteiger partial charge is 0.492 e. The van der Waals surface area contributed by atoms with E-state index in [1.165, 1.54) is 27.9 Å². The van der Waals surface area contributed by atoms with Gasteiger partial charge in [-0.15, -0.1) is 0 Å². The van der Waals surface area contributed by atoms with E-state index in [9.17, 15) is 13.2 Å². The highest BCUT2D eigenvalue weighted by Gasteiger charge is 2.21. The number of ether oxygens (including phenoxy) is 1. The van der Waals surface area contributed by atoms with Gasteiger partial charge in [-0.1, -0.05) is 87.1 Å². The number of hydrogen-bond acceptors (Lipinski definition) is 5. The van der Waals surface area contributed by atoms with Gasteiger partial charge < -0.3 is 10.1 Å². The molecule has 1 N–H and O–H groups in total. The molecule has 6 nitrogen and oxygen atoms in total. The second-order valence-corrected chi connectivity index (χ2v) is 13.8. The minimum absolute atomic E-state index is 0.0804. The van der Waals surface area contributed by atoms with Crippen LogP contribution in [0.4, 0.5) is 5.69 Å². The molecule has 4 aromatic rings. The average molecular weight is 589 g/mol. The molecule has 0 bridgehead atoms. The third kappa shape index (κ3) is 8.62. The number of sulfonamides is 1. The van der Waals surface area contributed by atoms with Crippen molar-refractivity contribution in [3.63, 3.8) is 0 Å². The van der Waals surface area contributed by atoms with Crippen LogP contribution in [-0.4, -0.2) is 33.7 Å². The van der Waals surface area contributed by atoms with Crippen LogP contribution in [0.5, 0.6) is 5.75 Å². The Morgan fingerprint density at radius 1 is 0.854 bits per heavy atom. The minimum atomic E-state index is -3.58. The summed E-state index contributed by atoms with van der Waals surface area (Å²) in [5.74, 6) is 0.545. The summed E-state index contributed by atoms with van der Waals surface area (Å²) in [6, 6.07) is 32.3. The van der Waals surface area contributed by atoms with Gasteiger partial charge in [-0.2, -0.15) is 0 Å². The molecule has 0 fully saturated rings. The van der Waals surface area contributed by atoms with Crippen molar-refractivity contribution in [2.75, 3.05) is 23.7 Å². The highest BCUT2D eigenvalue weighted by molar-refractivity contribution is 7.99. The van der Waals surface area contributed by atoms with Crippen molar-refractivity contribution in [1.82, 2.24) is 5.32 Å². The fourth-order valence-corrected chi connectivity index (χ4v) is 6.09. The fraction of sp³-hybridized carbons (Fsp3) is 0.242. The van der Waals surface area contributed by atoms with Crippen molar-refractivity contribution in [1.29, 1.82) is 0 Å². The van der Waals surface area contributed by atoms with Crippen molar-refractivity contribution in [2.24, 2.45) is 0 Å². The Kier molecular flexibility index (Phi) is 9.78. The van der Waals surface area contributed by atoms with E-state index in [0.29, 0.717) is 24.4 Å². The molecule has 214 valence electrons. The zero-order chi connectivity index (χ0) is 29.5. The molecule has 0 spiro atoms. The highest BCUT2D eigenvalue weighted by Crippen LogP contribution is 2.37. The number of hydrogen-bond donors (Lipinski definition) is 1.